The molecule has 1 aliphatic carbocycles. The normalized spacial score (nSPS) is 21.3. The van der Waals surface area contributed by atoms with E-state index in [-0.39, 0.29) is 23.7 Å². The van der Waals surface area contributed by atoms with Crippen LogP contribution in [0.4, 0.5) is 5.69 Å². The number of nitrogens with zero attached hydrogens (tertiary/aromatic N) is 3. The number of halogens is 1. The van der Waals surface area contributed by atoms with Crippen LogP contribution in [0.25, 0.3) is 0 Å². The molecule has 1 saturated heterocycles. The molecular weight excluding hydrogens is 376 g/mol. The Balaban J connectivity index is 1.24. The molecule has 0 bridgehead atoms. The zero-order valence-corrected chi connectivity index (χ0v) is 16.3. The van der Waals surface area contributed by atoms with Crippen LogP contribution in [0, 0.1) is 11.8 Å². The fraction of sp³-hybridized carbons (Fsp3) is 0.381. The number of anilines is 1. The Labute approximate surface area is 169 Å². The van der Waals surface area contributed by atoms with Gasteiger partial charge in [-0.1, -0.05) is 23.7 Å². The lowest BCUT2D eigenvalue weighted by molar-refractivity contribution is -0.135. The average Bonchev–Trinajstić information content (AvgIpc) is 3.53. The molecule has 2 heterocycles. The van der Waals surface area contributed by atoms with Crippen LogP contribution < -0.4 is 10.2 Å². The van der Waals surface area contributed by atoms with Gasteiger partial charge >= 0.3 is 0 Å². The van der Waals surface area contributed by atoms with Crippen molar-refractivity contribution in [2.45, 2.75) is 13.0 Å². The van der Waals surface area contributed by atoms with Crippen molar-refractivity contribution in [1.82, 2.24) is 15.2 Å². The van der Waals surface area contributed by atoms with E-state index in [1.165, 1.54) is 0 Å². The van der Waals surface area contributed by atoms with Crippen molar-refractivity contribution >= 4 is 29.1 Å². The third kappa shape index (κ3) is 4.28. The topological polar surface area (TPSA) is 65.5 Å². The van der Waals surface area contributed by atoms with Crippen LogP contribution in [0.2, 0.25) is 5.02 Å². The highest BCUT2D eigenvalue weighted by Gasteiger charge is 2.49. The number of amides is 2. The first-order valence-electron chi connectivity index (χ1n) is 9.58. The first-order valence-corrected chi connectivity index (χ1v) is 9.95. The minimum Gasteiger partial charge on any atom is -0.368 e. The average molecular weight is 399 g/mol. The second kappa shape index (κ2) is 8.19. The number of pyridine rings is 1. The van der Waals surface area contributed by atoms with Gasteiger partial charge in [0, 0.05) is 55.8 Å². The predicted octanol–water partition coefficient (Wildman–Crippen LogP) is 2.34. The van der Waals surface area contributed by atoms with Crippen LogP contribution >= 0.6 is 11.6 Å². The van der Waals surface area contributed by atoms with Gasteiger partial charge in [-0.05, 0) is 36.2 Å². The smallest absolute Gasteiger partial charge is 0.226 e. The molecule has 2 unspecified atom stereocenters. The number of benzene rings is 1. The van der Waals surface area contributed by atoms with E-state index >= 15 is 0 Å². The third-order valence-corrected chi connectivity index (χ3v) is 5.63. The largest absolute Gasteiger partial charge is 0.368 e. The minimum absolute atomic E-state index is 0.0419. The van der Waals surface area contributed by atoms with Crippen LogP contribution in [0.15, 0.2) is 48.8 Å². The molecule has 6 nitrogen and oxygen atoms in total. The first kappa shape index (κ1) is 18.7. The van der Waals surface area contributed by atoms with Crippen molar-refractivity contribution in [3.05, 3.63) is 59.4 Å². The third-order valence-electron chi connectivity index (χ3n) is 5.40. The highest BCUT2D eigenvalue weighted by molar-refractivity contribution is 6.30. The fourth-order valence-electron chi connectivity index (χ4n) is 3.67. The van der Waals surface area contributed by atoms with E-state index in [2.05, 4.69) is 15.2 Å². The van der Waals surface area contributed by atoms with Crippen LogP contribution in [0.3, 0.4) is 0 Å². The Kier molecular flexibility index (Phi) is 5.48. The van der Waals surface area contributed by atoms with Gasteiger partial charge < -0.3 is 15.1 Å². The summed E-state index contributed by atoms with van der Waals surface area (Å²) >= 11 is 6.07. The van der Waals surface area contributed by atoms with E-state index < -0.39 is 0 Å². The predicted molar refractivity (Wildman–Crippen MR) is 108 cm³/mol. The zero-order chi connectivity index (χ0) is 19.5. The number of carbonyl (C=O) groups excluding carboxylic acids is 2. The molecule has 2 fully saturated rings. The first-order chi connectivity index (χ1) is 13.6. The molecule has 146 valence electrons. The highest BCUT2D eigenvalue weighted by Crippen LogP contribution is 2.40. The minimum atomic E-state index is -0.199. The van der Waals surface area contributed by atoms with Gasteiger partial charge in [-0.3, -0.25) is 14.6 Å². The summed E-state index contributed by atoms with van der Waals surface area (Å²) in [6, 6.07) is 11.5. The van der Waals surface area contributed by atoms with E-state index in [0.29, 0.717) is 31.1 Å². The van der Waals surface area contributed by atoms with E-state index in [0.717, 1.165) is 24.3 Å². The van der Waals surface area contributed by atoms with Crippen LogP contribution in [0.5, 0.6) is 0 Å². The fourth-order valence-corrected chi connectivity index (χ4v) is 3.86. The van der Waals surface area contributed by atoms with Crippen molar-refractivity contribution in [3.63, 3.8) is 0 Å². The number of rotatable bonds is 5. The zero-order valence-electron chi connectivity index (χ0n) is 15.6. The van der Waals surface area contributed by atoms with Gasteiger partial charge in [0.1, 0.15) is 0 Å². The van der Waals surface area contributed by atoms with Crippen LogP contribution in [-0.2, 0) is 16.1 Å². The van der Waals surface area contributed by atoms with Gasteiger partial charge in [-0.2, -0.15) is 0 Å². The summed E-state index contributed by atoms with van der Waals surface area (Å²) in [7, 11) is 0. The molecule has 0 radical (unpaired) electrons. The van der Waals surface area contributed by atoms with Gasteiger partial charge in [0.25, 0.3) is 0 Å². The number of aromatic nitrogens is 1. The van der Waals surface area contributed by atoms with Gasteiger partial charge in [-0.15, -0.1) is 0 Å². The molecule has 2 atom stereocenters. The monoisotopic (exact) mass is 398 g/mol. The molecule has 2 aliphatic rings. The Morgan fingerprint density at radius 2 is 1.93 bits per heavy atom. The second-order valence-corrected chi connectivity index (χ2v) is 7.76. The van der Waals surface area contributed by atoms with Crippen molar-refractivity contribution in [3.8, 4) is 0 Å². The standard InChI is InChI=1S/C21H23ClN4O2/c22-16-4-1-5-17(11-16)25-7-9-26(10-8-25)21(28)19-12-18(19)20(27)24-14-15-3-2-6-23-13-15/h1-6,11,13,18-19H,7-10,12,14H2,(H,24,27). The SMILES string of the molecule is O=C(NCc1cccnc1)C1CC1C(=O)N1CCN(c2cccc(Cl)c2)CC1. The lowest BCUT2D eigenvalue weighted by atomic mass is 10.2. The maximum atomic E-state index is 12.7. The van der Waals surface area contributed by atoms with Crippen molar-refractivity contribution in [1.29, 1.82) is 0 Å². The Morgan fingerprint density at radius 3 is 2.64 bits per heavy atom. The molecule has 2 amide bonds. The van der Waals surface area contributed by atoms with Gasteiger partial charge in [0.05, 0.1) is 11.8 Å². The number of piperazine rings is 1. The van der Waals surface area contributed by atoms with Gasteiger partial charge in [-0.25, -0.2) is 0 Å². The molecule has 1 aliphatic heterocycles. The molecule has 7 heteroatoms. The summed E-state index contributed by atoms with van der Waals surface area (Å²) in [5.41, 5.74) is 2.04. The lowest BCUT2D eigenvalue weighted by Gasteiger charge is -2.36. The second-order valence-electron chi connectivity index (χ2n) is 7.32. The lowest BCUT2D eigenvalue weighted by Crippen LogP contribution is -2.49. The summed E-state index contributed by atoms with van der Waals surface area (Å²) in [5, 5.41) is 3.63. The molecule has 1 saturated carbocycles. The van der Waals surface area contributed by atoms with E-state index in [1.54, 1.807) is 12.4 Å². The van der Waals surface area contributed by atoms with E-state index in [4.69, 9.17) is 11.6 Å². The van der Waals surface area contributed by atoms with Crippen molar-refractivity contribution in [2.75, 3.05) is 31.1 Å². The highest BCUT2D eigenvalue weighted by atomic mass is 35.5. The molecular formula is C21H23ClN4O2. The van der Waals surface area contributed by atoms with Gasteiger partial charge in [0.15, 0.2) is 0 Å². The summed E-state index contributed by atoms with van der Waals surface area (Å²) in [6.45, 7) is 3.34. The molecule has 0 spiro atoms. The Morgan fingerprint density at radius 1 is 1.11 bits per heavy atom. The number of carbonyl (C=O) groups is 2. The number of hydrogen-bond donors (Lipinski definition) is 1. The maximum Gasteiger partial charge on any atom is 0.226 e. The molecule has 1 aromatic heterocycles. The number of hydrogen-bond acceptors (Lipinski definition) is 4. The summed E-state index contributed by atoms with van der Waals surface area (Å²) in [4.78, 5) is 33.2. The maximum absolute atomic E-state index is 12.7. The van der Waals surface area contributed by atoms with Crippen molar-refractivity contribution < 1.29 is 9.59 Å². The van der Waals surface area contributed by atoms with Crippen molar-refractivity contribution in [2.24, 2.45) is 11.8 Å². The molecule has 4 rings (SSSR count). The Bertz CT molecular complexity index is 852. The Hall–Kier alpha value is -2.60. The van der Waals surface area contributed by atoms with E-state index in [9.17, 15) is 9.59 Å². The van der Waals surface area contributed by atoms with E-state index in [1.807, 2.05) is 41.3 Å². The number of nitrogens with one attached hydrogen (secondary N) is 1. The molecule has 1 N–H and O–H groups in total. The molecule has 28 heavy (non-hydrogen) atoms. The molecule has 1 aromatic carbocycles. The van der Waals surface area contributed by atoms with Crippen LogP contribution in [0.1, 0.15) is 12.0 Å². The molecule has 2 aromatic rings. The quantitative estimate of drug-likeness (QED) is 0.839. The summed E-state index contributed by atoms with van der Waals surface area (Å²) < 4.78 is 0. The van der Waals surface area contributed by atoms with Gasteiger partial charge in [0.2, 0.25) is 11.8 Å². The summed E-state index contributed by atoms with van der Waals surface area (Å²) in [6.07, 6.45) is 4.08. The summed E-state index contributed by atoms with van der Waals surface area (Å²) in [5.74, 6) is -0.311. The van der Waals surface area contributed by atoms with Crippen LogP contribution in [-0.4, -0.2) is 47.9 Å².